The summed E-state index contributed by atoms with van der Waals surface area (Å²) in [5, 5.41) is 2.73. The van der Waals surface area contributed by atoms with Gasteiger partial charge in [-0.25, -0.2) is 4.99 Å². The lowest BCUT2D eigenvalue weighted by atomic mass is 10.2. The number of carbonyl (C=O) groups excluding carboxylic acids is 1. The van der Waals surface area contributed by atoms with Gasteiger partial charge in [0.05, 0.1) is 33.5 Å². The Morgan fingerprint density at radius 1 is 1.36 bits per heavy atom. The highest BCUT2D eigenvalue weighted by molar-refractivity contribution is 6.04. The zero-order chi connectivity index (χ0) is 17.9. The van der Waals surface area contributed by atoms with E-state index < -0.39 is 0 Å². The number of aliphatic imine (C=N–C) groups is 1. The van der Waals surface area contributed by atoms with Crippen molar-refractivity contribution in [2.24, 2.45) is 4.99 Å². The van der Waals surface area contributed by atoms with E-state index in [4.69, 9.17) is 14.2 Å². The van der Waals surface area contributed by atoms with E-state index in [0.717, 1.165) is 39.3 Å². The van der Waals surface area contributed by atoms with Crippen LogP contribution in [0.15, 0.2) is 29.3 Å². The average molecular weight is 350 g/mol. The van der Waals surface area contributed by atoms with Gasteiger partial charge in [-0.2, -0.15) is 0 Å². The summed E-state index contributed by atoms with van der Waals surface area (Å²) in [7, 11) is 1.57. The van der Waals surface area contributed by atoms with Gasteiger partial charge in [-0.15, -0.1) is 0 Å². The summed E-state index contributed by atoms with van der Waals surface area (Å²) in [5.74, 6) is 0.376. The van der Waals surface area contributed by atoms with Crippen molar-refractivity contribution >= 4 is 11.9 Å². The summed E-state index contributed by atoms with van der Waals surface area (Å²) in [4.78, 5) is 18.3. The van der Waals surface area contributed by atoms with Gasteiger partial charge in [0.2, 0.25) is 0 Å². The Morgan fingerprint density at radius 2 is 2.16 bits per heavy atom. The second-order valence-electron chi connectivity index (χ2n) is 5.77. The Balaban J connectivity index is 1.84. The number of methoxy groups -OCH3 is 1. The van der Waals surface area contributed by atoms with Crippen molar-refractivity contribution in [1.29, 1.82) is 0 Å². The number of hydrogen-bond acceptors (Lipinski definition) is 5. The fraction of sp³-hybridized carbons (Fsp3) is 0.556. The zero-order valence-corrected chi connectivity index (χ0v) is 15.0. The van der Waals surface area contributed by atoms with E-state index in [1.807, 2.05) is 6.92 Å². The van der Waals surface area contributed by atoms with E-state index in [1.165, 1.54) is 0 Å². The van der Waals surface area contributed by atoms with Crippen LogP contribution in [0.2, 0.25) is 0 Å². The summed E-state index contributed by atoms with van der Waals surface area (Å²) in [6.45, 7) is 7.76. The molecule has 1 amide bonds. The molecular formula is C18H28N3O4+. The number of morpholine rings is 1. The molecule has 25 heavy (non-hydrogen) atoms. The molecule has 2 rings (SSSR count). The molecule has 7 nitrogen and oxygen atoms in total. The highest BCUT2D eigenvalue weighted by Crippen LogP contribution is 2.12. The Hall–Kier alpha value is -2.12. The molecule has 0 atom stereocenters. The minimum absolute atomic E-state index is 0.259. The molecule has 0 bridgehead atoms. The van der Waals surface area contributed by atoms with Gasteiger partial charge in [-0.3, -0.25) is 10.1 Å². The summed E-state index contributed by atoms with van der Waals surface area (Å²) in [6.07, 6.45) is 0.945. The van der Waals surface area contributed by atoms with E-state index in [0.29, 0.717) is 24.5 Å². The van der Waals surface area contributed by atoms with Crippen LogP contribution in [0, 0.1) is 0 Å². The van der Waals surface area contributed by atoms with Crippen LogP contribution in [-0.4, -0.2) is 65.0 Å². The minimum atomic E-state index is -0.259. The fourth-order valence-electron chi connectivity index (χ4n) is 2.61. The summed E-state index contributed by atoms with van der Waals surface area (Å²) < 4.78 is 15.9. The molecule has 138 valence electrons. The second-order valence-corrected chi connectivity index (χ2v) is 5.77. The molecule has 0 aromatic heterocycles. The third-order valence-corrected chi connectivity index (χ3v) is 3.98. The standard InChI is InChI=1S/C18H27N3O4/c1-3-25-18(19-8-5-9-21-10-12-24-13-11-21)20-17(22)15-6-4-7-16(14-15)23-2/h4,6-7,14H,3,5,8-13H2,1-2H3,(H,19,20,22)/p+1. The number of carbonyl (C=O) groups is 1. The van der Waals surface area contributed by atoms with Gasteiger partial charge in [0.15, 0.2) is 0 Å². The van der Waals surface area contributed by atoms with Crippen LogP contribution in [0.4, 0.5) is 0 Å². The first-order chi connectivity index (χ1) is 12.2. The van der Waals surface area contributed by atoms with Gasteiger partial charge < -0.3 is 19.1 Å². The summed E-state index contributed by atoms with van der Waals surface area (Å²) in [6, 6.07) is 7.25. The van der Waals surface area contributed by atoms with E-state index in [9.17, 15) is 4.79 Å². The monoisotopic (exact) mass is 350 g/mol. The predicted octanol–water partition coefficient (Wildman–Crippen LogP) is 0.123. The number of amides is 1. The molecule has 1 aliphatic rings. The van der Waals surface area contributed by atoms with E-state index >= 15 is 0 Å². The molecule has 2 N–H and O–H groups in total. The van der Waals surface area contributed by atoms with Crippen LogP contribution >= 0.6 is 0 Å². The highest BCUT2D eigenvalue weighted by atomic mass is 16.5. The van der Waals surface area contributed by atoms with Gasteiger partial charge in [0.1, 0.15) is 18.8 Å². The quantitative estimate of drug-likeness (QED) is 0.416. The van der Waals surface area contributed by atoms with Gasteiger partial charge in [-0.05, 0) is 25.1 Å². The molecule has 0 spiro atoms. The van der Waals surface area contributed by atoms with Crippen LogP contribution in [0.1, 0.15) is 23.7 Å². The SMILES string of the molecule is CCOC(=NCCC[NH+]1CCOCC1)NC(=O)c1cccc(OC)c1. The maximum absolute atomic E-state index is 12.3. The van der Waals surface area contributed by atoms with E-state index in [1.54, 1.807) is 36.3 Å². The molecule has 1 aliphatic heterocycles. The lowest BCUT2D eigenvalue weighted by Gasteiger charge is -2.23. The van der Waals surface area contributed by atoms with Crippen molar-refractivity contribution < 1.29 is 23.9 Å². The molecule has 1 fully saturated rings. The van der Waals surface area contributed by atoms with Crippen LogP contribution < -0.4 is 15.0 Å². The Bertz CT molecular complexity index is 571. The highest BCUT2D eigenvalue weighted by Gasteiger charge is 2.13. The summed E-state index contributed by atoms with van der Waals surface area (Å²) >= 11 is 0. The number of nitrogens with zero attached hydrogens (tertiary/aromatic N) is 1. The Kier molecular flexibility index (Phi) is 8.21. The van der Waals surface area contributed by atoms with E-state index in [-0.39, 0.29) is 11.9 Å². The fourth-order valence-corrected chi connectivity index (χ4v) is 2.61. The normalized spacial score (nSPS) is 15.7. The molecule has 7 heteroatoms. The molecule has 0 radical (unpaired) electrons. The molecule has 0 aliphatic carbocycles. The number of benzene rings is 1. The van der Waals surface area contributed by atoms with Crippen LogP contribution in [0.25, 0.3) is 0 Å². The number of rotatable bonds is 7. The van der Waals surface area contributed by atoms with Crippen molar-refractivity contribution in [1.82, 2.24) is 5.32 Å². The summed E-state index contributed by atoms with van der Waals surface area (Å²) in [5.41, 5.74) is 0.504. The molecule has 0 unspecified atom stereocenters. The topological polar surface area (TPSA) is 73.6 Å². The molecule has 1 saturated heterocycles. The number of ether oxygens (including phenoxy) is 3. The maximum Gasteiger partial charge on any atom is 0.291 e. The Labute approximate surface area is 149 Å². The van der Waals surface area contributed by atoms with Gasteiger partial charge in [0, 0.05) is 18.5 Å². The molecule has 0 saturated carbocycles. The van der Waals surface area contributed by atoms with Gasteiger partial charge >= 0.3 is 0 Å². The van der Waals surface area contributed by atoms with Crippen molar-refractivity contribution in [2.75, 3.05) is 53.1 Å². The number of nitrogens with one attached hydrogen (secondary N) is 2. The second kappa shape index (κ2) is 10.7. The first-order valence-corrected chi connectivity index (χ1v) is 8.77. The lowest BCUT2D eigenvalue weighted by molar-refractivity contribution is -0.908. The van der Waals surface area contributed by atoms with Crippen molar-refractivity contribution in [3.63, 3.8) is 0 Å². The number of hydrogen-bond donors (Lipinski definition) is 2. The largest absolute Gasteiger partial charge is 0.497 e. The maximum atomic E-state index is 12.3. The molecule has 1 heterocycles. The first-order valence-electron chi connectivity index (χ1n) is 8.77. The smallest absolute Gasteiger partial charge is 0.291 e. The average Bonchev–Trinajstić information content (AvgIpc) is 2.66. The molecular weight excluding hydrogens is 322 g/mol. The van der Waals surface area contributed by atoms with Crippen molar-refractivity contribution in [2.45, 2.75) is 13.3 Å². The molecule has 1 aromatic rings. The van der Waals surface area contributed by atoms with Crippen molar-refractivity contribution in [3.8, 4) is 5.75 Å². The van der Waals surface area contributed by atoms with E-state index in [2.05, 4.69) is 10.3 Å². The lowest BCUT2D eigenvalue weighted by Crippen LogP contribution is -3.14. The number of quaternary nitrogens is 1. The zero-order valence-electron chi connectivity index (χ0n) is 15.0. The van der Waals surface area contributed by atoms with Crippen molar-refractivity contribution in [3.05, 3.63) is 29.8 Å². The minimum Gasteiger partial charge on any atom is -0.497 e. The van der Waals surface area contributed by atoms with Crippen LogP contribution in [0.5, 0.6) is 5.75 Å². The van der Waals surface area contributed by atoms with Gasteiger partial charge in [-0.1, -0.05) is 6.07 Å². The van der Waals surface area contributed by atoms with Crippen LogP contribution in [0.3, 0.4) is 0 Å². The first kappa shape index (κ1) is 19.2. The third kappa shape index (κ3) is 6.72. The van der Waals surface area contributed by atoms with Gasteiger partial charge in [0.25, 0.3) is 11.9 Å². The predicted molar refractivity (Wildman–Crippen MR) is 95.4 cm³/mol. The number of amidine groups is 1. The Morgan fingerprint density at radius 3 is 2.88 bits per heavy atom. The van der Waals surface area contributed by atoms with Crippen LogP contribution in [-0.2, 0) is 9.47 Å². The third-order valence-electron chi connectivity index (χ3n) is 3.98. The molecule has 1 aromatic carbocycles.